The highest BCUT2D eigenvalue weighted by atomic mass is 35.5. The Kier molecular flexibility index (Phi) is 2.86. The minimum Gasteiger partial charge on any atom is -0.360 e. The van der Waals surface area contributed by atoms with Crippen LogP contribution in [-0.4, -0.2) is 10.8 Å². The molecule has 0 unspecified atom stereocenters. The zero-order chi connectivity index (χ0) is 14.4. The molecule has 0 saturated heterocycles. The van der Waals surface area contributed by atoms with Gasteiger partial charge >= 0.3 is 0 Å². The molecule has 0 bridgehead atoms. The maximum Gasteiger partial charge on any atom is 0.168 e. The van der Waals surface area contributed by atoms with E-state index in [-0.39, 0.29) is 11.7 Å². The van der Waals surface area contributed by atoms with Crippen molar-refractivity contribution in [3.63, 3.8) is 0 Å². The number of aromatic nitrogens is 1. The van der Waals surface area contributed by atoms with Gasteiger partial charge in [0, 0.05) is 28.6 Å². The lowest BCUT2D eigenvalue weighted by molar-refractivity contribution is 0.0926. The van der Waals surface area contributed by atoms with Gasteiger partial charge in [0.05, 0.1) is 5.02 Å². The highest BCUT2D eigenvalue weighted by Gasteiger charge is 2.29. The molecule has 1 aliphatic carbocycles. The van der Waals surface area contributed by atoms with E-state index in [2.05, 4.69) is 17.1 Å². The lowest BCUT2D eigenvalue weighted by atomic mass is 9.95. The Morgan fingerprint density at radius 2 is 1.76 bits per heavy atom. The Hall–Kier alpha value is -2.06. The number of aromatic amines is 1. The van der Waals surface area contributed by atoms with Crippen molar-refractivity contribution in [2.75, 3.05) is 0 Å². The van der Waals surface area contributed by atoms with E-state index in [9.17, 15) is 4.79 Å². The van der Waals surface area contributed by atoms with Gasteiger partial charge in [-0.05, 0) is 36.1 Å². The maximum atomic E-state index is 12.9. The third-order valence-electron chi connectivity index (χ3n) is 4.34. The molecule has 1 aromatic heterocycles. The summed E-state index contributed by atoms with van der Waals surface area (Å²) in [6.45, 7) is 0. The van der Waals surface area contributed by atoms with Crippen LogP contribution in [0.4, 0.5) is 0 Å². The molecule has 21 heavy (non-hydrogen) atoms. The normalized spacial score (nSPS) is 14.5. The number of hydrogen-bond acceptors (Lipinski definition) is 1. The number of benzene rings is 2. The maximum absolute atomic E-state index is 12.9. The molecule has 0 atom stereocenters. The van der Waals surface area contributed by atoms with Crippen molar-refractivity contribution in [2.45, 2.75) is 12.8 Å². The van der Waals surface area contributed by atoms with Crippen LogP contribution < -0.4 is 0 Å². The van der Waals surface area contributed by atoms with Crippen LogP contribution in [0.5, 0.6) is 0 Å². The van der Waals surface area contributed by atoms with Gasteiger partial charge in [-0.1, -0.05) is 41.9 Å². The third-order valence-corrected chi connectivity index (χ3v) is 4.66. The van der Waals surface area contributed by atoms with Crippen LogP contribution in [0.1, 0.15) is 21.5 Å². The van der Waals surface area contributed by atoms with Gasteiger partial charge in [0.25, 0.3) is 0 Å². The molecule has 3 aromatic rings. The second kappa shape index (κ2) is 4.74. The second-order valence-electron chi connectivity index (χ2n) is 5.60. The van der Waals surface area contributed by atoms with Crippen molar-refractivity contribution in [3.05, 3.63) is 70.4 Å². The highest BCUT2D eigenvalue weighted by molar-refractivity contribution is 6.37. The van der Waals surface area contributed by atoms with Crippen LogP contribution in [-0.2, 0) is 12.8 Å². The molecule has 1 aliphatic rings. The number of Topliss-reactive ketones (excluding diaryl/α,β-unsaturated/α-hetero) is 1. The molecular formula is C18H14ClNO. The van der Waals surface area contributed by atoms with Gasteiger partial charge in [-0.15, -0.1) is 0 Å². The Morgan fingerprint density at radius 1 is 1.05 bits per heavy atom. The quantitative estimate of drug-likeness (QED) is 0.698. The molecule has 0 aliphatic heterocycles. The van der Waals surface area contributed by atoms with Gasteiger partial charge in [0.15, 0.2) is 5.78 Å². The number of fused-ring (bicyclic) bond motifs is 2. The lowest BCUT2D eigenvalue weighted by Gasteiger charge is -2.07. The molecule has 2 aromatic carbocycles. The zero-order valence-corrected chi connectivity index (χ0v) is 12.2. The SMILES string of the molecule is O=C(c1c[nH]c2cccc(Cl)c12)C1Cc2ccccc2C1. The minimum atomic E-state index is 0.0256. The summed E-state index contributed by atoms with van der Waals surface area (Å²) in [6.07, 6.45) is 3.44. The van der Waals surface area contributed by atoms with E-state index in [0.29, 0.717) is 10.6 Å². The minimum absolute atomic E-state index is 0.0256. The van der Waals surface area contributed by atoms with E-state index in [0.717, 1.165) is 23.7 Å². The van der Waals surface area contributed by atoms with Crippen LogP contribution in [0.2, 0.25) is 5.02 Å². The Balaban J connectivity index is 1.73. The Labute approximate surface area is 127 Å². The highest BCUT2D eigenvalue weighted by Crippen LogP contribution is 2.33. The molecule has 0 fully saturated rings. The van der Waals surface area contributed by atoms with E-state index in [1.54, 1.807) is 6.20 Å². The first kappa shape index (κ1) is 12.7. The molecule has 1 N–H and O–H groups in total. The van der Waals surface area contributed by atoms with Gasteiger partial charge in [-0.3, -0.25) is 4.79 Å². The third kappa shape index (κ3) is 1.98. The van der Waals surface area contributed by atoms with Crippen molar-refractivity contribution in [2.24, 2.45) is 5.92 Å². The number of carbonyl (C=O) groups is 1. The molecule has 1 heterocycles. The predicted molar refractivity (Wildman–Crippen MR) is 85.0 cm³/mol. The molecule has 4 rings (SSSR count). The van der Waals surface area contributed by atoms with E-state index in [4.69, 9.17) is 11.6 Å². The summed E-state index contributed by atoms with van der Waals surface area (Å²) in [7, 11) is 0. The number of hydrogen-bond donors (Lipinski definition) is 1. The van der Waals surface area contributed by atoms with Gasteiger partial charge in [0.1, 0.15) is 0 Å². The van der Waals surface area contributed by atoms with Crippen molar-refractivity contribution in [3.8, 4) is 0 Å². The zero-order valence-electron chi connectivity index (χ0n) is 11.4. The van der Waals surface area contributed by atoms with Crippen LogP contribution in [0.25, 0.3) is 10.9 Å². The lowest BCUT2D eigenvalue weighted by Crippen LogP contribution is -2.14. The fourth-order valence-electron chi connectivity index (χ4n) is 3.30. The molecule has 104 valence electrons. The first-order chi connectivity index (χ1) is 10.2. The van der Waals surface area contributed by atoms with Crippen LogP contribution in [0.15, 0.2) is 48.7 Å². The second-order valence-corrected chi connectivity index (χ2v) is 6.01. The van der Waals surface area contributed by atoms with Crippen LogP contribution in [0.3, 0.4) is 0 Å². The first-order valence-electron chi connectivity index (χ1n) is 7.10. The fraction of sp³-hybridized carbons (Fsp3) is 0.167. The van der Waals surface area contributed by atoms with E-state index in [1.807, 2.05) is 30.3 Å². The predicted octanol–water partition coefficient (Wildman–Crippen LogP) is 4.42. The molecule has 0 spiro atoms. The molecule has 0 saturated carbocycles. The molecule has 0 amide bonds. The largest absolute Gasteiger partial charge is 0.360 e. The van der Waals surface area contributed by atoms with Crippen LogP contribution >= 0.6 is 11.6 Å². The number of H-pyrrole nitrogens is 1. The molecule has 3 heteroatoms. The number of rotatable bonds is 2. The number of carbonyl (C=O) groups excluding carboxylic acids is 1. The van der Waals surface area contributed by atoms with Gasteiger partial charge in [0.2, 0.25) is 0 Å². The number of ketones is 1. The van der Waals surface area contributed by atoms with Crippen molar-refractivity contribution in [1.29, 1.82) is 0 Å². The van der Waals surface area contributed by atoms with E-state index >= 15 is 0 Å². The average Bonchev–Trinajstić information content (AvgIpc) is 3.11. The molecule has 0 radical (unpaired) electrons. The average molecular weight is 296 g/mol. The van der Waals surface area contributed by atoms with Crippen LogP contribution in [0, 0.1) is 5.92 Å². The first-order valence-corrected chi connectivity index (χ1v) is 7.48. The standard InChI is InChI=1S/C18H14ClNO/c19-15-6-3-7-16-17(15)14(10-20-16)18(21)13-8-11-4-1-2-5-12(11)9-13/h1-7,10,13,20H,8-9H2. The van der Waals surface area contributed by atoms with E-state index < -0.39 is 0 Å². The van der Waals surface area contributed by atoms with Crippen molar-refractivity contribution < 1.29 is 4.79 Å². The van der Waals surface area contributed by atoms with Crippen molar-refractivity contribution >= 4 is 28.3 Å². The summed E-state index contributed by atoms with van der Waals surface area (Å²) in [5.41, 5.74) is 4.22. The van der Waals surface area contributed by atoms with Gasteiger partial charge < -0.3 is 4.98 Å². The van der Waals surface area contributed by atoms with Gasteiger partial charge in [-0.25, -0.2) is 0 Å². The summed E-state index contributed by atoms with van der Waals surface area (Å²) in [6, 6.07) is 14.0. The van der Waals surface area contributed by atoms with Gasteiger partial charge in [-0.2, -0.15) is 0 Å². The summed E-state index contributed by atoms with van der Waals surface area (Å²) in [4.78, 5) is 16.0. The molecular weight excluding hydrogens is 282 g/mol. The van der Waals surface area contributed by atoms with E-state index in [1.165, 1.54) is 11.1 Å². The fourth-order valence-corrected chi connectivity index (χ4v) is 3.58. The van der Waals surface area contributed by atoms with Crippen molar-refractivity contribution in [1.82, 2.24) is 4.98 Å². The Morgan fingerprint density at radius 3 is 2.48 bits per heavy atom. The number of nitrogens with one attached hydrogen (secondary N) is 1. The summed E-state index contributed by atoms with van der Waals surface area (Å²) in [5.74, 6) is 0.211. The topological polar surface area (TPSA) is 32.9 Å². The molecule has 2 nitrogen and oxygen atoms in total. The summed E-state index contributed by atoms with van der Waals surface area (Å²) in [5, 5.41) is 1.48. The summed E-state index contributed by atoms with van der Waals surface area (Å²) < 4.78 is 0. The summed E-state index contributed by atoms with van der Waals surface area (Å²) >= 11 is 6.27. The number of halogens is 1. The smallest absolute Gasteiger partial charge is 0.168 e. The monoisotopic (exact) mass is 295 g/mol. The Bertz CT molecular complexity index is 824.